The molecule has 0 heterocycles. The van der Waals surface area contributed by atoms with E-state index in [1.54, 1.807) is 0 Å². The summed E-state index contributed by atoms with van der Waals surface area (Å²) in [7, 11) is 0. The molecule has 0 bridgehead atoms. The lowest BCUT2D eigenvalue weighted by Crippen LogP contribution is -2.47. The van der Waals surface area contributed by atoms with Gasteiger partial charge in [-0.15, -0.1) is 0 Å². The highest BCUT2D eigenvalue weighted by molar-refractivity contribution is 5.13. The van der Waals surface area contributed by atoms with Crippen molar-refractivity contribution in [3.05, 3.63) is 35.9 Å². The molecule has 0 aliphatic heterocycles. The van der Waals surface area contributed by atoms with E-state index in [1.807, 2.05) is 0 Å². The topological polar surface area (TPSA) is 29.5 Å². The Labute approximate surface area is 141 Å². The Morgan fingerprint density at radius 2 is 1.96 bits per heavy atom. The maximum absolute atomic E-state index is 9.25. The number of aliphatic hydroxyl groups excluding tert-OH is 1. The van der Waals surface area contributed by atoms with Crippen molar-refractivity contribution in [2.75, 3.05) is 6.61 Å². The van der Waals surface area contributed by atoms with Crippen LogP contribution in [-0.2, 0) is 11.3 Å². The van der Waals surface area contributed by atoms with Gasteiger partial charge in [0, 0.05) is 6.61 Å². The molecule has 2 saturated carbocycles. The second kappa shape index (κ2) is 7.36. The fraction of sp³-hybridized carbons (Fsp3) is 0.714. The first-order valence-corrected chi connectivity index (χ1v) is 9.39. The molecule has 2 heteroatoms. The molecule has 0 amide bonds. The van der Waals surface area contributed by atoms with Crippen LogP contribution in [0.5, 0.6) is 0 Å². The van der Waals surface area contributed by atoms with Crippen molar-refractivity contribution in [2.24, 2.45) is 23.2 Å². The largest absolute Gasteiger partial charge is 0.396 e. The van der Waals surface area contributed by atoms with Gasteiger partial charge in [-0.2, -0.15) is 0 Å². The molecular formula is C21H32O2. The fourth-order valence-electron chi connectivity index (χ4n) is 5.30. The number of rotatable bonds is 5. The molecule has 0 aromatic heterocycles. The Morgan fingerprint density at radius 1 is 1.17 bits per heavy atom. The van der Waals surface area contributed by atoms with Crippen LogP contribution in [-0.4, -0.2) is 17.8 Å². The Morgan fingerprint density at radius 3 is 2.70 bits per heavy atom. The van der Waals surface area contributed by atoms with Gasteiger partial charge in [0.25, 0.3) is 0 Å². The van der Waals surface area contributed by atoms with Crippen molar-refractivity contribution in [1.29, 1.82) is 0 Å². The van der Waals surface area contributed by atoms with Gasteiger partial charge >= 0.3 is 0 Å². The standard InChI is InChI=1S/C21H32O2/c1-16-19-9-8-17(11-13-22)14-21(19,2)12-10-20(16)23-15-18-6-4-3-5-7-18/h3-7,16-17,19-20,22H,8-15H2,1-2H3. The fourth-order valence-corrected chi connectivity index (χ4v) is 5.30. The lowest BCUT2D eigenvalue weighted by atomic mass is 9.54. The Bertz CT molecular complexity index is 486. The summed E-state index contributed by atoms with van der Waals surface area (Å²) >= 11 is 0. The lowest BCUT2D eigenvalue weighted by molar-refractivity contribution is -0.103. The average molecular weight is 316 g/mol. The molecule has 23 heavy (non-hydrogen) atoms. The predicted molar refractivity (Wildman–Crippen MR) is 94.1 cm³/mol. The summed E-state index contributed by atoms with van der Waals surface area (Å²) in [6.45, 7) is 5.99. The minimum atomic E-state index is 0.351. The third-order valence-electron chi connectivity index (χ3n) is 6.60. The third kappa shape index (κ3) is 3.80. The SMILES string of the molecule is CC1C(OCc2ccccc2)CCC2(C)CC(CCO)CCC12. The van der Waals surface area contributed by atoms with Gasteiger partial charge in [0.2, 0.25) is 0 Å². The first-order chi connectivity index (χ1) is 11.1. The van der Waals surface area contributed by atoms with E-state index >= 15 is 0 Å². The van der Waals surface area contributed by atoms with Gasteiger partial charge in [0.1, 0.15) is 0 Å². The first-order valence-electron chi connectivity index (χ1n) is 9.39. The molecule has 2 nitrogen and oxygen atoms in total. The predicted octanol–water partition coefficient (Wildman–Crippen LogP) is 4.81. The van der Waals surface area contributed by atoms with Crippen molar-refractivity contribution >= 4 is 0 Å². The van der Waals surface area contributed by atoms with Crippen LogP contribution in [0.15, 0.2) is 30.3 Å². The molecule has 5 atom stereocenters. The normalized spacial score (nSPS) is 37.3. The van der Waals surface area contributed by atoms with Crippen molar-refractivity contribution in [1.82, 2.24) is 0 Å². The van der Waals surface area contributed by atoms with Crippen LogP contribution >= 0.6 is 0 Å². The summed E-state index contributed by atoms with van der Waals surface area (Å²) in [5.41, 5.74) is 1.74. The molecule has 0 saturated heterocycles. The van der Waals surface area contributed by atoms with Gasteiger partial charge in [0.05, 0.1) is 12.7 Å². The molecular weight excluding hydrogens is 284 g/mol. The van der Waals surface area contributed by atoms with Crippen molar-refractivity contribution in [2.45, 2.75) is 65.1 Å². The molecule has 1 aromatic carbocycles. The molecule has 0 spiro atoms. The van der Waals surface area contributed by atoms with Gasteiger partial charge in [-0.1, -0.05) is 50.6 Å². The number of hydrogen-bond acceptors (Lipinski definition) is 2. The summed E-state index contributed by atoms with van der Waals surface area (Å²) < 4.78 is 6.31. The van der Waals surface area contributed by atoms with Crippen LogP contribution in [0, 0.1) is 23.2 Å². The molecule has 2 aliphatic rings. The van der Waals surface area contributed by atoms with E-state index in [-0.39, 0.29) is 0 Å². The van der Waals surface area contributed by atoms with Crippen LogP contribution in [0.2, 0.25) is 0 Å². The Hall–Kier alpha value is -0.860. The van der Waals surface area contributed by atoms with E-state index in [0.717, 1.165) is 24.9 Å². The third-order valence-corrected chi connectivity index (χ3v) is 6.60. The van der Waals surface area contributed by atoms with E-state index in [4.69, 9.17) is 4.74 Å². The minimum Gasteiger partial charge on any atom is -0.396 e. The highest BCUT2D eigenvalue weighted by Gasteiger charge is 2.47. The van der Waals surface area contributed by atoms with Crippen molar-refractivity contribution in [3.63, 3.8) is 0 Å². The highest BCUT2D eigenvalue weighted by atomic mass is 16.5. The van der Waals surface area contributed by atoms with E-state index in [2.05, 4.69) is 44.2 Å². The molecule has 1 aromatic rings. The Kier molecular flexibility index (Phi) is 5.43. The first kappa shape index (κ1) is 17.0. The zero-order valence-electron chi connectivity index (χ0n) is 14.7. The van der Waals surface area contributed by atoms with Gasteiger partial charge in [-0.3, -0.25) is 0 Å². The lowest BCUT2D eigenvalue weighted by Gasteiger charge is -2.53. The number of hydrogen-bond donors (Lipinski definition) is 1. The molecule has 2 aliphatic carbocycles. The van der Waals surface area contributed by atoms with E-state index in [1.165, 1.54) is 37.7 Å². The molecule has 5 unspecified atom stereocenters. The molecule has 1 N–H and O–H groups in total. The second-order valence-electron chi connectivity index (χ2n) is 8.15. The summed E-state index contributed by atoms with van der Waals surface area (Å²) in [6, 6.07) is 10.5. The molecule has 128 valence electrons. The maximum atomic E-state index is 9.25. The number of benzene rings is 1. The maximum Gasteiger partial charge on any atom is 0.0720 e. The van der Waals surface area contributed by atoms with Crippen LogP contribution in [0.4, 0.5) is 0 Å². The van der Waals surface area contributed by atoms with Crippen LogP contribution in [0.25, 0.3) is 0 Å². The van der Waals surface area contributed by atoms with Gasteiger partial charge < -0.3 is 9.84 Å². The van der Waals surface area contributed by atoms with Gasteiger partial charge in [-0.05, 0) is 60.8 Å². The smallest absolute Gasteiger partial charge is 0.0720 e. The number of aliphatic hydroxyl groups is 1. The number of fused-ring (bicyclic) bond motifs is 1. The van der Waals surface area contributed by atoms with Crippen molar-refractivity contribution < 1.29 is 9.84 Å². The molecule has 0 radical (unpaired) electrons. The van der Waals surface area contributed by atoms with Gasteiger partial charge in [0.15, 0.2) is 0 Å². The zero-order chi connectivity index (χ0) is 16.3. The molecule has 2 fully saturated rings. The van der Waals surface area contributed by atoms with Crippen LogP contribution in [0.3, 0.4) is 0 Å². The number of ether oxygens (including phenoxy) is 1. The monoisotopic (exact) mass is 316 g/mol. The van der Waals surface area contributed by atoms with E-state index in [0.29, 0.717) is 24.0 Å². The average Bonchev–Trinajstić information content (AvgIpc) is 2.55. The van der Waals surface area contributed by atoms with E-state index < -0.39 is 0 Å². The Balaban J connectivity index is 1.59. The molecule has 3 rings (SSSR count). The summed E-state index contributed by atoms with van der Waals surface area (Å²) in [5.74, 6) is 2.16. The summed E-state index contributed by atoms with van der Waals surface area (Å²) in [4.78, 5) is 0. The van der Waals surface area contributed by atoms with Gasteiger partial charge in [-0.25, -0.2) is 0 Å². The zero-order valence-corrected chi connectivity index (χ0v) is 14.7. The summed E-state index contributed by atoms with van der Waals surface area (Å²) in [5, 5.41) is 9.25. The summed E-state index contributed by atoms with van der Waals surface area (Å²) in [6.07, 6.45) is 7.77. The van der Waals surface area contributed by atoms with Crippen molar-refractivity contribution in [3.8, 4) is 0 Å². The van der Waals surface area contributed by atoms with Crippen LogP contribution < -0.4 is 0 Å². The quantitative estimate of drug-likeness (QED) is 0.845. The minimum absolute atomic E-state index is 0.351. The van der Waals surface area contributed by atoms with E-state index in [9.17, 15) is 5.11 Å². The highest BCUT2D eigenvalue weighted by Crippen LogP contribution is 2.55. The van der Waals surface area contributed by atoms with Crippen LogP contribution in [0.1, 0.15) is 57.9 Å². The second-order valence-corrected chi connectivity index (χ2v) is 8.15.